The fraction of sp³-hybridized carbons (Fsp3) is 0.357. The van der Waals surface area contributed by atoms with E-state index in [1.165, 1.54) is 20.0 Å². The minimum atomic E-state index is -4.57. The van der Waals surface area contributed by atoms with Crippen molar-refractivity contribution in [1.82, 2.24) is 15.5 Å². The zero-order valence-electron chi connectivity index (χ0n) is 12.3. The van der Waals surface area contributed by atoms with Gasteiger partial charge in [0.2, 0.25) is 5.91 Å². The molecule has 0 aliphatic carbocycles. The molecule has 23 heavy (non-hydrogen) atoms. The Bertz CT molecular complexity index is 675. The summed E-state index contributed by atoms with van der Waals surface area (Å²) < 4.78 is 38.4. The van der Waals surface area contributed by atoms with Crippen LogP contribution in [0, 0.1) is 0 Å². The maximum atomic E-state index is 12.8. The summed E-state index contributed by atoms with van der Waals surface area (Å²) in [5, 5.41) is 4.61. The van der Waals surface area contributed by atoms with E-state index >= 15 is 0 Å². The number of amides is 4. The van der Waals surface area contributed by atoms with Gasteiger partial charge in [0, 0.05) is 7.05 Å². The second kappa shape index (κ2) is 5.56. The van der Waals surface area contributed by atoms with Gasteiger partial charge in [0.15, 0.2) is 0 Å². The van der Waals surface area contributed by atoms with Gasteiger partial charge in [0.05, 0.1) is 5.56 Å². The molecule has 2 rings (SSSR count). The smallest absolute Gasteiger partial charge is 0.358 e. The fourth-order valence-corrected chi connectivity index (χ4v) is 2.27. The maximum Gasteiger partial charge on any atom is 0.416 e. The van der Waals surface area contributed by atoms with Crippen molar-refractivity contribution in [3.8, 4) is 0 Å². The van der Waals surface area contributed by atoms with Gasteiger partial charge < -0.3 is 10.6 Å². The fourth-order valence-electron chi connectivity index (χ4n) is 2.27. The molecule has 2 N–H and O–H groups in total. The summed E-state index contributed by atoms with van der Waals surface area (Å²) >= 11 is 0. The van der Waals surface area contributed by atoms with Gasteiger partial charge in [-0.2, -0.15) is 13.2 Å². The number of carbonyl (C=O) groups is 3. The normalized spacial score (nSPS) is 21.3. The lowest BCUT2D eigenvalue weighted by atomic mass is 9.90. The van der Waals surface area contributed by atoms with Gasteiger partial charge in [-0.25, -0.2) is 4.79 Å². The molecule has 1 saturated heterocycles. The van der Waals surface area contributed by atoms with Crippen LogP contribution in [0.5, 0.6) is 0 Å². The van der Waals surface area contributed by atoms with E-state index in [0.717, 1.165) is 18.2 Å². The van der Waals surface area contributed by atoms with E-state index in [4.69, 9.17) is 0 Å². The van der Waals surface area contributed by atoms with Gasteiger partial charge in [-0.15, -0.1) is 0 Å². The number of benzene rings is 1. The average molecular weight is 329 g/mol. The number of imide groups is 1. The van der Waals surface area contributed by atoms with Gasteiger partial charge in [-0.05, 0) is 24.6 Å². The molecule has 0 unspecified atom stereocenters. The Balaban J connectivity index is 2.38. The average Bonchev–Trinajstić information content (AvgIpc) is 2.71. The number of urea groups is 1. The second-order valence-corrected chi connectivity index (χ2v) is 5.20. The maximum absolute atomic E-state index is 12.8. The molecular weight excluding hydrogens is 315 g/mol. The molecule has 0 saturated carbocycles. The highest BCUT2D eigenvalue weighted by molar-refractivity contribution is 6.09. The van der Waals surface area contributed by atoms with Gasteiger partial charge in [0.25, 0.3) is 5.91 Å². The Morgan fingerprint density at radius 2 is 2.00 bits per heavy atom. The van der Waals surface area contributed by atoms with Crippen LogP contribution in [0.2, 0.25) is 0 Å². The summed E-state index contributed by atoms with van der Waals surface area (Å²) in [5.41, 5.74) is -2.60. The first kappa shape index (κ1) is 16.8. The van der Waals surface area contributed by atoms with E-state index in [0.29, 0.717) is 4.90 Å². The Morgan fingerprint density at radius 3 is 2.57 bits per heavy atom. The van der Waals surface area contributed by atoms with E-state index < -0.39 is 41.7 Å². The van der Waals surface area contributed by atoms with Crippen molar-refractivity contribution in [3.63, 3.8) is 0 Å². The molecule has 0 aromatic heterocycles. The molecule has 4 amide bonds. The monoisotopic (exact) mass is 329 g/mol. The zero-order chi connectivity index (χ0) is 17.4. The van der Waals surface area contributed by atoms with Crippen LogP contribution in [0.3, 0.4) is 0 Å². The molecule has 1 atom stereocenters. The molecule has 1 aromatic rings. The molecule has 0 bridgehead atoms. The predicted molar refractivity (Wildman–Crippen MR) is 73.1 cm³/mol. The molecule has 9 heteroatoms. The van der Waals surface area contributed by atoms with Crippen molar-refractivity contribution in [3.05, 3.63) is 35.4 Å². The number of hydrogen-bond acceptors (Lipinski definition) is 3. The van der Waals surface area contributed by atoms with Crippen LogP contribution >= 0.6 is 0 Å². The Morgan fingerprint density at radius 1 is 1.35 bits per heavy atom. The molecule has 1 fully saturated rings. The minimum Gasteiger partial charge on any atom is -0.358 e. The third kappa shape index (κ3) is 2.99. The van der Waals surface area contributed by atoms with Gasteiger partial charge >= 0.3 is 12.2 Å². The number of hydrogen-bond donors (Lipinski definition) is 2. The molecular formula is C14H14F3N3O3. The number of nitrogens with one attached hydrogen (secondary N) is 2. The largest absolute Gasteiger partial charge is 0.416 e. The lowest BCUT2D eigenvalue weighted by Crippen LogP contribution is -2.42. The van der Waals surface area contributed by atoms with Crippen LogP contribution < -0.4 is 10.6 Å². The first-order valence-corrected chi connectivity index (χ1v) is 6.62. The summed E-state index contributed by atoms with van der Waals surface area (Å²) in [7, 11) is 1.34. The van der Waals surface area contributed by atoms with Gasteiger partial charge in [-0.3, -0.25) is 14.5 Å². The molecule has 0 spiro atoms. The van der Waals surface area contributed by atoms with Crippen LogP contribution in [-0.2, 0) is 21.3 Å². The van der Waals surface area contributed by atoms with Crippen molar-refractivity contribution in [2.24, 2.45) is 0 Å². The SMILES string of the molecule is CNC(=O)CN1C(=O)N[C@@](C)(c2cccc(C(F)(F)F)c2)C1=O. The van der Waals surface area contributed by atoms with Crippen LogP contribution in [0.1, 0.15) is 18.1 Å². The van der Waals surface area contributed by atoms with Crippen molar-refractivity contribution in [2.75, 3.05) is 13.6 Å². The quantitative estimate of drug-likeness (QED) is 0.819. The number of nitrogens with zero attached hydrogens (tertiary/aromatic N) is 1. The van der Waals surface area contributed by atoms with Crippen molar-refractivity contribution >= 4 is 17.8 Å². The third-order valence-corrected chi connectivity index (χ3v) is 3.62. The first-order chi connectivity index (χ1) is 10.6. The van der Waals surface area contributed by atoms with Crippen LogP contribution in [0.4, 0.5) is 18.0 Å². The predicted octanol–water partition coefficient (Wildman–Crippen LogP) is 1.22. The zero-order valence-corrected chi connectivity index (χ0v) is 12.3. The summed E-state index contributed by atoms with van der Waals surface area (Å²) in [6.45, 7) is 0.794. The standard InChI is InChI=1S/C14H14F3N3O3/c1-13(8-4-3-5-9(6-8)14(15,16)17)11(22)20(12(23)19-13)7-10(21)18-2/h3-6H,7H2,1-2H3,(H,18,21)(H,19,23)/t13-/m0/s1. The van der Waals surface area contributed by atoms with Crippen LogP contribution in [0.25, 0.3) is 0 Å². The van der Waals surface area contributed by atoms with E-state index in [-0.39, 0.29) is 5.56 Å². The Labute approximate surface area is 129 Å². The van der Waals surface area contributed by atoms with Gasteiger partial charge in [0.1, 0.15) is 12.1 Å². The van der Waals surface area contributed by atoms with Crippen molar-refractivity contribution in [2.45, 2.75) is 18.6 Å². The van der Waals surface area contributed by atoms with E-state index in [1.807, 2.05) is 0 Å². The topological polar surface area (TPSA) is 78.5 Å². The Hall–Kier alpha value is -2.58. The minimum absolute atomic E-state index is 0.00918. The molecule has 1 aromatic carbocycles. The number of halogens is 3. The molecule has 1 heterocycles. The summed E-state index contributed by atoms with van der Waals surface area (Å²) in [6, 6.07) is 3.32. The van der Waals surface area contributed by atoms with Crippen LogP contribution in [-0.4, -0.2) is 36.3 Å². The van der Waals surface area contributed by atoms with Crippen molar-refractivity contribution in [1.29, 1.82) is 0 Å². The van der Waals surface area contributed by atoms with Crippen molar-refractivity contribution < 1.29 is 27.6 Å². The first-order valence-electron chi connectivity index (χ1n) is 6.62. The number of alkyl halides is 3. The number of likely N-dealkylation sites (N-methyl/N-ethyl adjacent to an activating group) is 1. The molecule has 1 aliphatic heterocycles. The van der Waals surface area contributed by atoms with E-state index in [1.54, 1.807) is 0 Å². The molecule has 6 nitrogen and oxygen atoms in total. The summed E-state index contributed by atoms with van der Waals surface area (Å²) in [5.74, 6) is -1.35. The summed E-state index contributed by atoms with van der Waals surface area (Å²) in [6.07, 6.45) is -4.57. The summed E-state index contributed by atoms with van der Waals surface area (Å²) in [4.78, 5) is 36.4. The molecule has 0 radical (unpaired) electrons. The number of rotatable bonds is 3. The van der Waals surface area contributed by atoms with E-state index in [2.05, 4.69) is 10.6 Å². The highest BCUT2D eigenvalue weighted by Gasteiger charge is 2.50. The molecule has 124 valence electrons. The highest BCUT2D eigenvalue weighted by atomic mass is 19.4. The van der Waals surface area contributed by atoms with Crippen LogP contribution in [0.15, 0.2) is 24.3 Å². The van der Waals surface area contributed by atoms with E-state index in [9.17, 15) is 27.6 Å². The highest BCUT2D eigenvalue weighted by Crippen LogP contribution is 2.34. The lowest BCUT2D eigenvalue weighted by Gasteiger charge is -2.23. The third-order valence-electron chi connectivity index (χ3n) is 3.62. The van der Waals surface area contributed by atoms with Gasteiger partial charge in [-0.1, -0.05) is 12.1 Å². The Kier molecular flexibility index (Phi) is 4.06. The molecule has 1 aliphatic rings. The second-order valence-electron chi connectivity index (χ2n) is 5.20. The number of carbonyl (C=O) groups excluding carboxylic acids is 3. The lowest BCUT2D eigenvalue weighted by molar-refractivity contribution is -0.138.